The lowest BCUT2D eigenvalue weighted by Gasteiger charge is -2.16. The van der Waals surface area contributed by atoms with Crippen LogP contribution >= 0.6 is 12.4 Å². The van der Waals surface area contributed by atoms with Crippen molar-refractivity contribution in [3.8, 4) is 22.6 Å². The van der Waals surface area contributed by atoms with Gasteiger partial charge >= 0.3 is 0 Å². The molecule has 1 fully saturated rings. The lowest BCUT2D eigenvalue weighted by atomic mass is 9.90. The third kappa shape index (κ3) is 5.55. The summed E-state index contributed by atoms with van der Waals surface area (Å²) >= 11 is 0. The van der Waals surface area contributed by atoms with Gasteiger partial charge in [-0.05, 0) is 89.6 Å². The second-order valence-electron chi connectivity index (χ2n) is 8.76. The minimum Gasteiger partial charge on any atom is -0.497 e. The number of hydrogen-bond donors (Lipinski definition) is 0. The summed E-state index contributed by atoms with van der Waals surface area (Å²) in [4.78, 5) is 2.48. The van der Waals surface area contributed by atoms with Gasteiger partial charge in [0, 0.05) is 6.54 Å². The Hall–Kier alpha value is -3.01. The molecule has 34 heavy (non-hydrogen) atoms. The fourth-order valence-electron chi connectivity index (χ4n) is 4.78. The molecule has 4 heteroatoms. The predicted octanol–water partition coefficient (Wildman–Crippen LogP) is 7.00. The molecular weight excluding hydrogens is 442 g/mol. The Bertz CT molecular complexity index is 1200. The van der Waals surface area contributed by atoms with E-state index in [4.69, 9.17) is 9.47 Å². The van der Waals surface area contributed by atoms with E-state index >= 15 is 0 Å². The first-order chi connectivity index (χ1) is 16.3. The van der Waals surface area contributed by atoms with E-state index in [1.807, 2.05) is 0 Å². The molecule has 0 bridgehead atoms. The summed E-state index contributed by atoms with van der Waals surface area (Å²) in [5.41, 5.74) is 5.14. The third-order valence-electron chi connectivity index (χ3n) is 6.60. The molecule has 176 valence electrons. The van der Waals surface area contributed by atoms with Crippen molar-refractivity contribution < 1.29 is 9.47 Å². The van der Waals surface area contributed by atoms with E-state index in [2.05, 4.69) is 89.8 Å². The number of ether oxygens (including phenoxy) is 2. The smallest absolute Gasteiger partial charge is 0.119 e. The number of halogens is 1. The molecule has 1 saturated heterocycles. The maximum atomic E-state index is 6.01. The maximum absolute atomic E-state index is 6.01. The zero-order chi connectivity index (χ0) is 22.5. The highest BCUT2D eigenvalue weighted by atomic mass is 35.5. The zero-order valence-electron chi connectivity index (χ0n) is 19.7. The fourth-order valence-corrected chi connectivity index (χ4v) is 4.78. The highest BCUT2D eigenvalue weighted by Gasteiger charge is 2.13. The Morgan fingerprint density at radius 3 is 2.26 bits per heavy atom. The molecule has 0 N–H and O–H groups in total. The van der Waals surface area contributed by atoms with Gasteiger partial charge in [-0.25, -0.2) is 0 Å². The van der Waals surface area contributed by atoms with Crippen LogP contribution in [0.2, 0.25) is 0 Å². The van der Waals surface area contributed by atoms with Gasteiger partial charge in [-0.2, -0.15) is 0 Å². The Labute approximate surface area is 208 Å². The Kier molecular flexibility index (Phi) is 8.10. The lowest BCUT2D eigenvalue weighted by Crippen LogP contribution is -2.25. The maximum Gasteiger partial charge on any atom is 0.119 e. The minimum absolute atomic E-state index is 0. The standard InChI is InChI=1S/C30H31NO2.ClH/c1-32-27-14-16-29-25(22-27)11-15-28(24-7-3-2-4-8-24)30(29)21-23-9-12-26(13-10-23)33-20-19-31-17-5-6-18-31;/h2-4,7-16,22H,5-6,17-21H2,1H3;1H. The summed E-state index contributed by atoms with van der Waals surface area (Å²) in [6.45, 7) is 4.19. The normalized spacial score (nSPS) is 13.6. The van der Waals surface area contributed by atoms with Gasteiger partial charge in [-0.1, -0.05) is 60.7 Å². The van der Waals surface area contributed by atoms with Gasteiger partial charge < -0.3 is 9.47 Å². The number of rotatable bonds is 8. The molecule has 0 saturated carbocycles. The molecule has 4 aromatic carbocycles. The second-order valence-corrected chi connectivity index (χ2v) is 8.76. The molecule has 4 aromatic rings. The summed E-state index contributed by atoms with van der Waals surface area (Å²) in [6, 6.07) is 30.0. The number of likely N-dealkylation sites (tertiary alicyclic amines) is 1. The summed E-state index contributed by atoms with van der Waals surface area (Å²) in [5.74, 6) is 1.83. The van der Waals surface area contributed by atoms with Gasteiger partial charge in [0.2, 0.25) is 0 Å². The highest BCUT2D eigenvalue weighted by Crippen LogP contribution is 2.34. The molecule has 0 atom stereocenters. The van der Waals surface area contributed by atoms with Gasteiger partial charge in [0.15, 0.2) is 0 Å². The van der Waals surface area contributed by atoms with Crippen LogP contribution in [-0.2, 0) is 6.42 Å². The summed E-state index contributed by atoms with van der Waals surface area (Å²) in [6.07, 6.45) is 3.50. The van der Waals surface area contributed by atoms with Crippen LogP contribution in [0.15, 0.2) is 84.9 Å². The van der Waals surface area contributed by atoms with E-state index < -0.39 is 0 Å². The average molecular weight is 474 g/mol. The number of benzene rings is 4. The average Bonchev–Trinajstić information content (AvgIpc) is 3.39. The number of hydrogen-bond acceptors (Lipinski definition) is 3. The van der Waals surface area contributed by atoms with E-state index in [1.54, 1.807) is 7.11 Å². The molecule has 0 aromatic heterocycles. The van der Waals surface area contributed by atoms with Crippen LogP contribution in [-0.4, -0.2) is 38.3 Å². The van der Waals surface area contributed by atoms with E-state index in [9.17, 15) is 0 Å². The summed E-state index contributed by atoms with van der Waals surface area (Å²) in [7, 11) is 1.72. The molecule has 1 aliphatic rings. The van der Waals surface area contributed by atoms with Crippen molar-refractivity contribution in [2.75, 3.05) is 33.4 Å². The van der Waals surface area contributed by atoms with Crippen molar-refractivity contribution in [2.24, 2.45) is 0 Å². The zero-order valence-corrected chi connectivity index (χ0v) is 20.5. The van der Waals surface area contributed by atoms with Crippen molar-refractivity contribution in [1.82, 2.24) is 4.90 Å². The second kappa shape index (κ2) is 11.4. The molecule has 0 amide bonds. The van der Waals surface area contributed by atoms with Crippen LogP contribution in [0, 0.1) is 0 Å². The van der Waals surface area contributed by atoms with Gasteiger partial charge in [-0.3, -0.25) is 4.90 Å². The van der Waals surface area contributed by atoms with E-state index in [1.165, 1.54) is 59.0 Å². The molecule has 5 rings (SSSR count). The molecule has 3 nitrogen and oxygen atoms in total. The Balaban J connectivity index is 0.00000274. The fraction of sp³-hybridized carbons (Fsp3) is 0.267. The van der Waals surface area contributed by atoms with Crippen LogP contribution in [0.1, 0.15) is 24.0 Å². The van der Waals surface area contributed by atoms with Crippen LogP contribution in [0.5, 0.6) is 11.5 Å². The van der Waals surface area contributed by atoms with Crippen molar-refractivity contribution in [1.29, 1.82) is 0 Å². The molecule has 0 unspecified atom stereocenters. The van der Waals surface area contributed by atoms with Crippen LogP contribution < -0.4 is 9.47 Å². The number of nitrogens with zero attached hydrogens (tertiary/aromatic N) is 1. The molecular formula is C30H32ClNO2. The number of methoxy groups -OCH3 is 1. The van der Waals surface area contributed by atoms with Crippen LogP contribution in [0.3, 0.4) is 0 Å². The van der Waals surface area contributed by atoms with E-state index in [0.29, 0.717) is 0 Å². The molecule has 0 aliphatic carbocycles. The summed E-state index contributed by atoms with van der Waals surface area (Å²) in [5, 5.41) is 2.47. The first-order valence-electron chi connectivity index (χ1n) is 11.9. The first-order valence-corrected chi connectivity index (χ1v) is 11.9. The topological polar surface area (TPSA) is 21.7 Å². The lowest BCUT2D eigenvalue weighted by molar-refractivity contribution is 0.238. The van der Waals surface area contributed by atoms with Gasteiger partial charge in [0.05, 0.1) is 7.11 Å². The quantitative estimate of drug-likeness (QED) is 0.275. The van der Waals surface area contributed by atoms with Crippen molar-refractivity contribution in [3.05, 3.63) is 96.1 Å². The van der Waals surface area contributed by atoms with E-state index in [-0.39, 0.29) is 12.4 Å². The first kappa shape index (κ1) is 24.1. The van der Waals surface area contributed by atoms with Gasteiger partial charge in [0.1, 0.15) is 18.1 Å². The van der Waals surface area contributed by atoms with Gasteiger partial charge in [0.25, 0.3) is 0 Å². The largest absolute Gasteiger partial charge is 0.497 e. The van der Waals surface area contributed by atoms with E-state index in [0.717, 1.165) is 31.1 Å². The molecule has 1 heterocycles. The highest BCUT2D eigenvalue weighted by molar-refractivity contribution is 5.93. The third-order valence-corrected chi connectivity index (χ3v) is 6.60. The van der Waals surface area contributed by atoms with Crippen LogP contribution in [0.25, 0.3) is 21.9 Å². The molecule has 1 aliphatic heterocycles. The number of fused-ring (bicyclic) bond motifs is 1. The van der Waals surface area contributed by atoms with Gasteiger partial charge in [-0.15, -0.1) is 12.4 Å². The van der Waals surface area contributed by atoms with Crippen molar-refractivity contribution in [2.45, 2.75) is 19.3 Å². The predicted molar refractivity (Wildman–Crippen MR) is 144 cm³/mol. The monoisotopic (exact) mass is 473 g/mol. The Morgan fingerprint density at radius 1 is 0.794 bits per heavy atom. The van der Waals surface area contributed by atoms with Crippen LogP contribution in [0.4, 0.5) is 0 Å². The molecule has 0 radical (unpaired) electrons. The van der Waals surface area contributed by atoms with Crippen molar-refractivity contribution >= 4 is 23.2 Å². The SMILES string of the molecule is COc1ccc2c(Cc3ccc(OCCN4CCCC4)cc3)c(-c3ccccc3)ccc2c1.Cl. The van der Waals surface area contributed by atoms with Crippen molar-refractivity contribution in [3.63, 3.8) is 0 Å². The Morgan fingerprint density at radius 2 is 1.53 bits per heavy atom. The summed E-state index contributed by atoms with van der Waals surface area (Å²) < 4.78 is 11.5. The molecule has 0 spiro atoms. The minimum atomic E-state index is 0.